The number of nitrogens with one attached hydrogen (secondary N) is 1. The van der Waals surface area contributed by atoms with Crippen molar-refractivity contribution in [3.05, 3.63) is 23.3 Å². The van der Waals surface area contributed by atoms with Gasteiger partial charge in [0.15, 0.2) is 0 Å². The first-order valence-electron chi connectivity index (χ1n) is 7.18. The zero-order valence-corrected chi connectivity index (χ0v) is 12.3. The number of aliphatic hydroxyl groups excluding tert-OH is 1. The average molecular weight is 251 g/mol. The molecule has 0 bridgehead atoms. The zero-order chi connectivity index (χ0) is 13.4. The molecule has 0 amide bonds. The van der Waals surface area contributed by atoms with E-state index < -0.39 is 0 Å². The highest BCUT2D eigenvalue weighted by Gasteiger charge is 2.35. The molecular formula is C16H29NO. The molecule has 0 radical (unpaired) electrons. The molecule has 0 saturated heterocycles. The van der Waals surface area contributed by atoms with Crippen molar-refractivity contribution in [1.82, 2.24) is 5.32 Å². The summed E-state index contributed by atoms with van der Waals surface area (Å²) in [6.45, 7) is 8.72. The van der Waals surface area contributed by atoms with E-state index in [4.69, 9.17) is 0 Å². The second kappa shape index (κ2) is 7.75. The molecule has 0 aromatic carbocycles. The topological polar surface area (TPSA) is 32.3 Å². The molecular weight excluding hydrogens is 222 g/mol. The smallest absolute Gasteiger partial charge is 0.0499 e. The SMILES string of the molecule is CC(C)=CCCC(C)=CCNCC1(CO)CCC1. The third-order valence-corrected chi connectivity index (χ3v) is 3.94. The largest absolute Gasteiger partial charge is 0.396 e. The summed E-state index contributed by atoms with van der Waals surface area (Å²) >= 11 is 0. The fraction of sp³-hybridized carbons (Fsp3) is 0.750. The van der Waals surface area contributed by atoms with Crippen molar-refractivity contribution in [2.24, 2.45) is 5.41 Å². The summed E-state index contributed by atoms with van der Waals surface area (Å²) < 4.78 is 0. The summed E-state index contributed by atoms with van der Waals surface area (Å²) in [5, 5.41) is 12.8. The van der Waals surface area contributed by atoms with Crippen LogP contribution in [-0.2, 0) is 0 Å². The predicted octanol–water partition coefficient (Wildman–Crippen LogP) is 3.43. The van der Waals surface area contributed by atoms with Crippen molar-refractivity contribution in [3.8, 4) is 0 Å². The van der Waals surface area contributed by atoms with Crippen LogP contribution in [0.2, 0.25) is 0 Å². The van der Waals surface area contributed by atoms with E-state index in [1.807, 2.05) is 0 Å². The van der Waals surface area contributed by atoms with Gasteiger partial charge in [-0.15, -0.1) is 0 Å². The number of allylic oxidation sites excluding steroid dienone is 3. The Hall–Kier alpha value is -0.600. The second-order valence-corrected chi connectivity index (χ2v) is 6.01. The molecule has 0 unspecified atom stereocenters. The first-order valence-corrected chi connectivity index (χ1v) is 7.18. The van der Waals surface area contributed by atoms with Crippen LogP contribution in [-0.4, -0.2) is 24.8 Å². The van der Waals surface area contributed by atoms with Gasteiger partial charge in [-0.05, 0) is 46.5 Å². The van der Waals surface area contributed by atoms with Gasteiger partial charge < -0.3 is 10.4 Å². The maximum Gasteiger partial charge on any atom is 0.0499 e. The lowest BCUT2D eigenvalue weighted by Crippen LogP contribution is -2.42. The number of hydrogen-bond donors (Lipinski definition) is 2. The van der Waals surface area contributed by atoms with Crippen LogP contribution in [0.1, 0.15) is 52.9 Å². The fourth-order valence-electron chi connectivity index (χ4n) is 2.34. The van der Waals surface area contributed by atoms with Crippen molar-refractivity contribution in [3.63, 3.8) is 0 Å². The molecule has 1 rings (SSSR count). The molecule has 0 aliphatic heterocycles. The van der Waals surface area contributed by atoms with Crippen molar-refractivity contribution in [2.45, 2.75) is 52.9 Å². The van der Waals surface area contributed by atoms with Crippen molar-refractivity contribution < 1.29 is 5.11 Å². The van der Waals surface area contributed by atoms with Crippen molar-refractivity contribution >= 4 is 0 Å². The van der Waals surface area contributed by atoms with E-state index >= 15 is 0 Å². The third-order valence-electron chi connectivity index (χ3n) is 3.94. The number of aliphatic hydroxyl groups is 1. The van der Waals surface area contributed by atoms with Crippen LogP contribution >= 0.6 is 0 Å². The molecule has 1 aliphatic carbocycles. The van der Waals surface area contributed by atoms with Crippen molar-refractivity contribution in [2.75, 3.05) is 19.7 Å². The Balaban J connectivity index is 2.13. The van der Waals surface area contributed by atoms with E-state index in [-0.39, 0.29) is 5.41 Å². The molecule has 0 aromatic rings. The van der Waals surface area contributed by atoms with Crippen molar-refractivity contribution in [1.29, 1.82) is 0 Å². The quantitative estimate of drug-likeness (QED) is 0.512. The average Bonchev–Trinajstić information content (AvgIpc) is 2.26. The highest BCUT2D eigenvalue weighted by Crippen LogP contribution is 2.39. The maximum atomic E-state index is 9.35. The van der Waals surface area contributed by atoms with Crippen LogP contribution in [0.4, 0.5) is 0 Å². The predicted molar refractivity (Wildman–Crippen MR) is 78.7 cm³/mol. The molecule has 1 fully saturated rings. The highest BCUT2D eigenvalue weighted by atomic mass is 16.3. The molecule has 18 heavy (non-hydrogen) atoms. The summed E-state index contributed by atoms with van der Waals surface area (Å²) in [6, 6.07) is 0. The van der Waals surface area contributed by atoms with Crippen LogP contribution in [0.3, 0.4) is 0 Å². The minimum atomic E-state index is 0.198. The van der Waals surface area contributed by atoms with Gasteiger partial charge in [-0.2, -0.15) is 0 Å². The highest BCUT2D eigenvalue weighted by molar-refractivity contribution is 5.03. The Kier molecular flexibility index (Phi) is 6.66. The van der Waals surface area contributed by atoms with E-state index in [9.17, 15) is 5.11 Å². The Bertz CT molecular complexity index is 291. The molecule has 104 valence electrons. The molecule has 2 N–H and O–H groups in total. The third kappa shape index (κ3) is 5.36. The van der Waals surface area contributed by atoms with Gasteiger partial charge >= 0.3 is 0 Å². The number of rotatable bonds is 8. The first-order chi connectivity index (χ1) is 8.58. The number of hydrogen-bond acceptors (Lipinski definition) is 2. The minimum Gasteiger partial charge on any atom is -0.396 e. The molecule has 0 aromatic heterocycles. The lowest BCUT2D eigenvalue weighted by atomic mass is 9.69. The summed E-state index contributed by atoms with van der Waals surface area (Å²) in [4.78, 5) is 0. The Morgan fingerprint density at radius 1 is 1.22 bits per heavy atom. The lowest BCUT2D eigenvalue weighted by Gasteiger charge is -2.40. The fourth-order valence-corrected chi connectivity index (χ4v) is 2.34. The molecule has 1 aliphatic rings. The molecule has 0 heterocycles. The van der Waals surface area contributed by atoms with Gasteiger partial charge in [-0.1, -0.05) is 29.7 Å². The molecule has 1 saturated carbocycles. The lowest BCUT2D eigenvalue weighted by molar-refractivity contribution is 0.0457. The minimum absolute atomic E-state index is 0.198. The normalized spacial score (nSPS) is 18.3. The van der Waals surface area contributed by atoms with Gasteiger partial charge in [-0.25, -0.2) is 0 Å². The Morgan fingerprint density at radius 2 is 1.94 bits per heavy atom. The van der Waals surface area contributed by atoms with Crippen LogP contribution in [0.15, 0.2) is 23.3 Å². The van der Waals surface area contributed by atoms with E-state index in [0.29, 0.717) is 6.61 Å². The first kappa shape index (κ1) is 15.5. The van der Waals surface area contributed by atoms with E-state index in [0.717, 1.165) is 25.9 Å². The Morgan fingerprint density at radius 3 is 2.44 bits per heavy atom. The zero-order valence-electron chi connectivity index (χ0n) is 12.3. The summed E-state index contributed by atoms with van der Waals surface area (Å²) in [6.07, 6.45) is 10.5. The summed E-state index contributed by atoms with van der Waals surface area (Å²) in [7, 11) is 0. The molecule has 0 spiro atoms. The van der Waals surface area contributed by atoms with Gasteiger partial charge in [0.1, 0.15) is 0 Å². The van der Waals surface area contributed by atoms with E-state index in [2.05, 4.69) is 38.2 Å². The molecule has 0 atom stereocenters. The van der Waals surface area contributed by atoms with E-state index in [1.54, 1.807) is 0 Å². The molecule has 2 heteroatoms. The van der Waals surface area contributed by atoms with Gasteiger partial charge in [0.05, 0.1) is 0 Å². The maximum absolute atomic E-state index is 9.35. The van der Waals surface area contributed by atoms with Gasteiger partial charge in [0.2, 0.25) is 0 Å². The molecule has 2 nitrogen and oxygen atoms in total. The monoisotopic (exact) mass is 251 g/mol. The van der Waals surface area contributed by atoms with E-state index in [1.165, 1.54) is 30.4 Å². The Labute approximate surface area is 112 Å². The van der Waals surface area contributed by atoms with Gasteiger partial charge in [0, 0.05) is 25.1 Å². The summed E-state index contributed by atoms with van der Waals surface area (Å²) in [5.41, 5.74) is 3.05. The second-order valence-electron chi connectivity index (χ2n) is 6.01. The van der Waals surface area contributed by atoms with Crippen LogP contribution < -0.4 is 5.32 Å². The van der Waals surface area contributed by atoms with Gasteiger partial charge in [0.25, 0.3) is 0 Å². The van der Waals surface area contributed by atoms with Crippen LogP contribution in [0.5, 0.6) is 0 Å². The summed E-state index contributed by atoms with van der Waals surface area (Å²) in [5.74, 6) is 0. The van der Waals surface area contributed by atoms with Crippen LogP contribution in [0.25, 0.3) is 0 Å². The van der Waals surface area contributed by atoms with Gasteiger partial charge in [-0.3, -0.25) is 0 Å². The van der Waals surface area contributed by atoms with Crippen LogP contribution in [0, 0.1) is 5.41 Å². The standard InChI is InChI=1S/C16H29NO/c1-14(2)6-4-7-15(3)8-11-17-12-16(13-18)9-5-10-16/h6,8,17-18H,4-5,7,9-13H2,1-3H3.